The van der Waals surface area contributed by atoms with E-state index in [1.807, 2.05) is 0 Å². The summed E-state index contributed by atoms with van der Waals surface area (Å²) >= 11 is 0. The normalized spacial score (nSPS) is 34.3. The summed E-state index contributed by atoms with van der Waals surface area (Å²) in [6, 6.07) is -0.102. The van der Waals surface area contributed by atoms with Gasteiger partial charge in [0.15, 0.2) is 0 Å². The second kappa shape index (κ2) is 6.33. The van der Waals surface area contributed by atoms with Crippen LogP contribution in [0.2, 0.25) is 0 Å². The van der Waals surface area contributed by atoms with Gasteiger partial charge >= 0.3 is 0 Å². The summed E-state index contributed by atoms with van der Waals surface area (Å²) in [5, 5.41) is 15.5. The predicted octanol–water partition coefficient (Wildman–Crippen LogP) is -0.358. The molecule has 1 amide bonds. The number of ether oxygens (including phenoxy) is 1. The second-order valence-electron chi connectivity index (χ2n) is 4.92. The Morgan fingerprint density at radius 3 is 2.94 bits per heavy atom. The molecule has 17 heavy (non-hydrogen) atoms. The molecule has 3 atom stereocenters. The Morgan fingerprint density at radius 1 is 1.41 bits per heavy atom. The van der Waals surface area contributed by atoms with Crippen molar-refractivity contribution in [1.29, 1.82) is 0 Å². The minimum Gasteiger partial charge on any atom is -0.396 e. The molecule has 3 unspecified atom stereocenters. The highest BCUT2D eigenvalue weighted by molar-refractivity contribution is 5.82. The van der Waals surface area contributed by atoms with E-state index in [9.17, 15) is 9.90 Å². The predicted molar refractivity (Wildman–Crippen MR) is 63.6 cm³/mol. The number of nitrogens with one attached hydrogen (secondary N) is 2. The van der Waals surface area contributed by atoms with Crippen LogP contribution in [0.15, 0.2) is 0 Å². The van der Waals surface area contributed by atoms with Crippen molar-refractivity contribution in [3.05, 3.63) is 0 Å². The highest BCUT2D eigenvalue weighted by Gasteiger charge is 2.29. The van der Waals surface area contributed by atoms with Crippen molar-refractivity contribution < 1.29 is 14.6 Å². The van der Waals surface area contributed by atoms with Gasteiger partial charge in [0.25, 0.3) is 0 Å². The molecule has 3 N–H and O–H groups in total. The van der Waals surface area contributed by atoms with E-state index in [1.165, 1.54) is 0 Å². The highest BCUT2D eigenvalue weighted by atomic mass is 16.5. The molecular weight excluding hydrogens is 220 g/mol. The Hall–Kier alpha value is -0.650. The summed E-state index contributed by atoms with van der Waals surface area (Å²) in [4.78, 5) is 12.0. The lowest BCUT2D eigenvalue weighted by molar-refractivity contribution is -0.127. The molecule has 0 aromatic heterocycles. The molecule has 1 aliphatic heterocycles. The SMILES string of the molecule is O=C(NC1CCCCC1CO)C1COCCN1. The van der Waals surface area contributed by atoms with E-state index in [4.69, 9.17) is 4.74 Å². The third kappa shape index (κ3) is 3.40. The third-order valence-electron chi connectivity index (χ3n) is 3.71. The van der Waals surface area contributed by atoms with E-state index in [2.05, 4.69) is 10.6 Å². The maximum absolute atomic E-state index is 12.0. The number of morpholine rings is 1. The van der Waals surface area contributed by atoms with Gasteiger partial charge < -0.3 is 20.5 Å². The molecule has 5 heteroatoms. The first-order valence-electron chi connectivity index (χ1n) is 6.53. The zero-order valence-corrected chi connectivity index (χ0v) is 10.2. The standard InChI is InChI=1S/C12H22N2O3/c15-7-9-3-1-2-4-10(9)14-12(16)11-8-17-6-5-13-11/h9-11,13,15H,1-8H2,(H,14,16). The molecule has 0 radical (unpaired) electrons. The van der Waals surface area contributed by atoms with E-state index < -0.39 is 0 Å². The van der Waals surface area contributed by atoms with Gasteiger partial charge in [0.1, 0.15) is 6.04 Å². The number of aliphatic hydroxyl groups excluding tert-OH is 1. The van der Waals surface area contributed by atoms with E-state index in [0.717, 1.165) is 32.2 Å². The minimum absolute atomic E-state index is 0.00931. The zero-order valence-electron chi connectivity index (χ0n) is 10.2. The molecule has 2 fully saturated rings. The number of amides is 1. The molecule has 5 nitrogen and oxygen atoms in total. The molecule has 1 heterocycles. The summed E-state index contributed by atoms with van der Waals surface area (Å²) in [6.45, 7) is 2.01. The number of carbonyl (C=O) groups is 1. The van der Waals surface area contributed by atoms with Crippen LogP contribution in [-0.4, -0.2) is 49.5 Å². The van der Waals surface area contributed by atoms with Crippen LogP contribution in [0.1, 0.15) is 25.7 Å². The van der Waals surface area contributed by atoms with Crippen molar-refractivity contribution in [2.45, 2.75) is 37.8 Å². The smallest absolute Gasteiger partial charge is 0.239 e. The van der Waals surface area contributed by atoms with E-state index in [0.29, 0.717) is 13.2 Å². The quantitative estimate of drug-likeness (QED) is 0.632. The second-order valence-corrected chi connectivity index (χ2v) is 4.92. The first-order valence-corrected chi connectivity index (χ1v) is 6.53. The van der Waals surface area contributed by atoms with Gasteiger partial charge in [-0.3, -0.25) is 4.79 Å². The van der Waals surface area contributed by atoms with E-state index in [1.54, 1.807) is 0 Å². The van der Waals surface area contributed by atoms with Gasteiger partial charge in [-0.25, -0.2) is 0 Å². The van der Waals surface area contributed by atoms with Crippen LogP contribution in [0, 0.1) is 5.92 Å². The number of hydrogen-bond donors (Lipinski definition) is 3. The first kappa shape index (κ1) is 12.8. The average Bonchev–Trinajstić information content (AvgIpc) is 2.40. The van der Waals surface area contributed by atoms with Crippen LogP contribution >= 0.6 is 0 Å². The van der Waals surface area contributed by atoms with Crippen molar-refractivity contribution in [2.75, 3.05) is 26.4 Å². The van der Waals surface area contributed by atoms with Gasteiger partial charge in [0.2, 0.25) is 5.91 Å². The fourth-order valence-electron chi connectivity index (χ4n) is 2.63. The number of aliphatic hydroxyl groups is 1. The van der Waals surface area contributed by atoms with Crippen LogP contribution in [0.3, 0.4) is 0 Å². The lowest BCUT2D eigenvalue weighted by Crippen LogP contribution is -2.55. The summed E-state index contributed by atoms with van der Waals surface area (Å²) in [6.07, 6.45) is 4.28. The minimum atomic E-state index is -0.231. The van der Waals surface area contributed by atoms with Crippen molar-refractivity contribution in [3.63, 3.8) is 0 Å². The van der Waals surface area contributed by atoms with Crippen LogP contribution in [0.5, 0.6) is 0 Å². The maximum atomic E-state index is 12.0. The zero-order chi connectivity index (χ0) is 12.1. The van der Waals surface area contributed by atoms with Crippen molar-refractivity contribution >= 4 is 5.91 Å². The molecule has 0 bridgehead atoms. The highest BCUT2D eigenvalue weighted by Crippen LogP contribution is 2.23. The summed E-state index contributed by atoms with van der Waals surface area (Å²) in [7, 11) is 0. The Kier molecular flexibility index (Phi) is 4.76. The Morgan fingerprint density at radius 2 is 2.24 bits per heavy atom. The Bertz CT molecular complexity index is 254. The van der Waals surface area contributed by atoms with E-state index in [-0.39, 0.29) is 30.5 Å². The van der Waals surface area contributed by atoms with Crippen molar-refractivity contribution in [1.82, 2.24) is 10.6 Å². The molecule has 2 rings (SSSR count). The van der Waals surface area contributed by atoms with Gasteiger partial charge in [0.05, 0.1) is 13.2 Å². The fraction of sp³-hybridized carbons (Fsp3) is 0.917. The van der Waals surface area contributed by atoms with Crippen LogP contribution in [-0.2, 0) is 9.53 Å². The van der Waals surface area contributed by atoms with Crippen LogP contribution in [0.4, 0.5) is 0 Å². The molecule has 1 saturated carbocycles. The Balaban J connectivity index is 1.83. The molecule has 0 aromatic rings. The molecular formula is C12H22N2O3. The molecule has 0 aromatic carbocycles. The lowest BCUT2D eigenvalue weighted by Gasteiger charge is -2.33. The molecule has 98 valence electrons. The maximum Gasteiger partial charge on any atom is 0.239 e. The van der Waals surface area contributed by atoms with Gasteiger partial charge in [0, 0.05) is 25.1 Å². The van der Waals surface area contributed by atoms with Gasteiger partial charge in [-0.1, -0.05) is 12.8 Å². The number of hydrogen-bond acceptors (Lipinski definition) is 4. The fourth-order valence-corrected chi connectivity index (χ4v) is 2.63. The van der Waals surface area contributed by atoms with Crippen LogP contribution < -0.4 is 10.6 Å². The van der Waals surface area contributed by atoms with Crippen molar-refractivity contribution in [2.24, 2.45) is 5.92 Å². The monoisotopic (exact) mass is 242 g/mol. The van der Waals surface area contributed by atoms with Crippen molar-refractivity contribution in [3.8, 4) is 0 Å². The molecule has 1 aliphatic carbocycles. The van der Waals surface area contributed by atoms with Gasteiger partial charge in [-0.05, 0) is 12.8 Å². The summed E-state index contributed by atoms with van der Waals surface area (Å²) in [5.41, 5.74) is 0. The largest absolute Gasteiger partial charge is 0.396 e. The van der Waals surface area contributed by atoms with E-state index >= 15 is 0 Å². The summed E-state index contributed by atoms with van der Waals surface area (Å²) < 4.78 is 5.27. The molecule has 0 spiro atoms. The molecule has 2 aliphatic rings. The van der Waals surface area contributed by atoms with Crippen LogP contribution in [0.25, 0.3) is 0 Å². The third-order valence-corrected chi connectivity index (χ3v) is 3.71. The van der Waals surface area contributed by atoms with Gasteiger partial charge in [-0.2, -0.15) is 0 Å². The number of rotatable bonds is 3. The summed E-state index contributed by atoms with van der Waals surface area (Å²) in [5.74, 6) is 0.229. The lowest BCUT2D eigenvalue weighted by atomic mass is 9.85. The van der Waals surface area contributed by atoms with Gasteiger partial charge in [-0.15, -0.1) is 0 Å². The first-order chi connectivity index (χ1) is 8.31. The average molecular weight is 242 g/mol. The topological polar surface area (TPSA) is 70.6 Å². The number of carbonyl (C=O) groups excluding carboxylic acids is 1. The Labute approximate surface area is 102 Å². The molecule has 1 saturated heterocycles.